The number of carbonyl (C=O) groups is 2. The highest BCUT2D eigenvalue weighted by molar-refractivity contribution is 6.22. The van der Waals surface area contributed by atoms with Gasteiger partial charge >= 0.3 is 23.2 Å². The molecule has 25 nitrogen and oxygen atoms in total. The Labute approximate surface area is 312 Å². The maximum atomic E-state index is 12.0. The van der Waals surface area contributed by atoms with Gasteiger partial charge in [0.25, 0.3) is 0 Å². The van der Waals surface area contributed by atoms with Crippen LogP contribution in [-0.4, -0.2) is 163 Å². The Morgan fingerprint density at radius 3 is 1.51 bits per heavy atom. The number of hydrogen-bond donors (Lipinski definition) is 15. The monoisotopic (exact) mass is 816 g/mol. The molecule has 0 spiro atoms. The predicted molar refractivity (Wildman–Crippen MR) is 177 cm³/mol. The van der Waals surface area contributed by atoms with Crippen molar-refractivity contribution in [3.8, 4) is 23.0 Å². The lowest BCUT2D eigenvalue weighted by Gasteiger charge is -2.39. The van der Waals surface area contributed by atoms with Gasteiger partial charge in [0, 0.05) is 10.8 Å². The maximum absolute atomic E-state index is 12.0. The zero-order valence-corrected chi connectivity index (χ0v) is 28.3. The molecule has 0 bridgehead atoms. The first-order valence-corrected chi connectivity index (χ1v) is 15.9. The average molecular weight is 817 g/mol. The highest BCUT2D eigenvalue weighted by Crippen LogP contribution is 2.44. The number of rotatable bonds is 7. The second kappa shape index (κ2) is 16.1. The standard InChI is InChI=1S/C14H6O8.C12H18O11.C6H8O6/c15-5-1-3-7-8-4(14(20)22-11(7)9(5)17)2-6(16)10(18)12(8)21-13(3)19;13-1-3(15)9-8(19)10(11(20)22-9)23-12-7(18)6(17)5(16)4(2-14)21-12;7-1-2(8)5-3(9)4(10)6(11)12-5/h1-2,15-18H;3-7,9,12-19H,1-2H2;2,5,7-10H,1H2/t;3-,4-,5-,6+,7-,9-,12-;2-,5+/m.10/s1. The van der Waals surface area contributed by atoms with Crippen LogP contribution in [0.1, 0.15) is 0 Å². The first-order valence-electron chi connectivity index (χ1n) is 15.9. The molecule has 3 aliphatic heterocycles. The van der Waals surface area contributed by atoms with Crippen molar-refractivity contribution in [3.63, 3.8) is 0 Å². The van der Waals surface area contributed by atoms with Crippen molar-refractivity contribution < 1.29 is 114 Å². The largest absolute Gasteiger partial charge is 0.505 e. The van der Waals surface area contributed by atoms with Crippen molar-refractivity contribution in [2.45, 2.75) is 55.1 Å². The van der Waals surface area contributed by atoms with Crippen molar-refractivity contribution in [1.29, 1.82) is 0 Å². The number of hydrogen-bond acceptors (Lipinski definition) is 25. The molecule has 3 aliphatic rings. The smallest absolute Gasteiger partial charge is 0.378 e. The maximum Gasteiger partial charge on any atom is 0.378 e. The molecule has 4 aromatic rings. The van der Waals surface area contributed by atoms with Gasteiger partial charge in [0.05, 0.1) is 30.6 Å². The first-order chi connectivity index (χ1) is 26.8. The molecule has 7 rings (SSSR count). The molecule has 5 heterocycles. The zero-order chi connectivity index (χ0) is 42.4. The molecule has 57 heavy (non-hydrogen) atoms. The van der Waals surface area contributed by atoms with E-state index in [4.69, 9.17) is 48.9 Å². The number of benzene rings is 2. The van der Waals surface area contributed by atoms with Crippen LogP contribution >= 0.6 is 0 Å². The highest BCUT2D eigenvalue weighted by Gasteiger charge is 2.48. The molecule has 0 radical (unpaired) electrons. The molecule has 2 aromatic carbocycles. The third-order valence-electron chi connectivity index (χ3n) is 8.57. The zero-order valence-electron chi connectivity index (χ0n) is 28.3. The van der Waals surface area contributed by atoms with E-state index in [-0.39, 0.29) is 21.5 Å². The summed E-state index contributed by atoms with van der Waals surface area (Å²) in [5, 5.41) is 140. The first kappa shape index (κ1) is 42.0. The summed E-state index contributed by atoms with van der Waals surface area (Å²) in [7, 11) is 0. The van der Waals surface area contributed by atoms with Crippen molar-refractivity contribution in [3.05, 3.63) is 56.0 Å². The van der Waals surface area contributed by atoms with Crippen LogP contribution in [0, 0.1) is 0 Å². The summed E-state index contributed by atoms with van der Waals surface area (Å²) in [6.45, 7) is -2.17. The topological polar surface area (TPSA) is 435 Å². The van der Waals surface area contributed by atoms with E-state index in [9.17, 15) is 65.1 Å². The van der Waals surface area contributed by atoms with Gasteiger partial charge in [-0.3, -0.25) is 0 Å². The molecule has 0 aliphatic carbocycles. The highest BCUT2D eigenvalue weighted by atomic mass is 16.7. The van der Waals surface area contributed by atoms with E-state index in [2.05, 4.69) is 9.47 Å². The molecule has 1 fully saturated rings. The summed E-state index contributed by atoms with van der Waals surface area (Å²) >= 11 is 0. The SMILES string of the molecule is O=C1O[C@H]([C@@H](O)CO)C(O)=C1O.O=C1O[C@H]([C@H](O)CO)C(O)=C1O[C@H]1O[C@H](CO)[C@@H](O)[C@H](O)[C@H]1O.O=c1oc2c(O)c(O)cc3c(=O)oc4c(O)c(O)cc1c4c23. The molecule has 310 valence electrons. The Hall–Kier alpha value is -6.16. The normalized spacial score (nSPS) is 25.9. The van der Waals surface area contributed by atoms with E-state index < -0.39 is 155 Å². The second-order valence-corrected chi connectivity index (χ2v) is 12.2. The van der Waals surface area contributed by atoms with E-state index in [0.717, 1.165) is 12.1 Å². The Kier molecular flexibility index (Phi) is 11.9. The molecular formula is C32H32O25. The number of ether oxygens (including phenoxy) is 4. The molecule has 9 atom stereocenters. The number of aromatic hydroxyl groups is 4. The van der Waals surface area contributed by atoms with Crippen LogP contribution < -0.4 is 11.3 Å². The Morgan fingerprint density at radius 2 is 1.09 bits per heavy atom. The van der Waals surface area contributed by atoms with Crippen molar-refractivity contribution in [2.75, 3.05) is 19.8 Å². The van der Waals surface area contributed by atoms with Crippen LogP contribution in [0.15, 0.2) is 53.6 Å². The summed E-state index contributed by atoms with van der Waals surface area (Å²) in [6, 6.07) is 1.93. The summed E-state index contributed by atoms with van der Waals surface area (Å²) < 4.78 is 28.8. The molecule has 25 heteroatoms. The van der Waals surface area contributed by atoms with E-state index in [1.165, 1.54) is 0 Å². The van der Waals surface area contributed by atoms with Crippen molar-refractivity contribution in [2.24, 2.45) is 0 Å². The van der Waals surface area contributed by atoms with Crippen LogP contribution in [0.4, 0.5) is 0 Å². The Bertz CT molecular complexity index is 2260. The molecule has 0 unspecified atom stereocenters. The molecule has 2 aromatic heterocycles. The van der Waals surface area contributed by atoms with Gasteiger partial charge in [-0.2, -0.15) is 0 Å². The van der Waals surface area contributed by atoms with Crippen molar-refractivity contribution >= 4 is 44.6 Å². The molecule has 15 N–H and O–H groups in total. The van der Waals surface area contributed by atoms with Gasteiger partial charge in [-0.1, -0.05) is 0 Å². The molecule has 0 saturated carbocycles. The molecule has 0 amide bonds. The third-order valence-corrected chi connectivity index (χ3v) is 8.57. The average Bonchev–Trinajstić information content (AvgIpc) is 3.62. The quantitative estimate of drug-likeness (QED) is 0.0363. The van der Waals surface area contributed by atoms with Gasteiger partial charge in [0.1, 0.15) is 36.6 Å². The number of esters is 2. The predicted octanol–water partition coefficient (Wildman–Crippen LogP) is -4.24. The van der Waals surface area contributed by atoms with E-state index in [1.54, 1.807) is 0 Å². The van der Waals surface area contributed by atoms with Crippen LogP contribution in [0.3, 0.4) is 0 Å². The molecule has 1 saturated heterocycles. The second-order valence-electron chi connectivity index (χ2n) is 12.2. The van der Waals surface area contributed by atoms with Crippen LogP contribution in [0.25, 0.3) is 32.7 Å². The number of cyclic esters (lactones) is 2. The van der Waals surface area contributed by atoms with Crippen LogP contribution in [0.5, 0.6) is 23.0 Å². The number of aliphatic hydroxyl groups is 11. The number of phenolic OH excluding ortho intramolecular Hbond substituents is 4. The summed E-state index contributed by atoms with van der Waals surface area (Å²) in [5.74, 6) is -8.32. The van der Waals surface area contributed by atoms with E-state index in [1.807, 2.05) is 0 Å². The van der Waals surface area contributed by atoms with Gasteiger partial charge in [-0.15, -0.1) is 0 Å². The van der Waals surface area contributed by atoms with E-state index >= 15 is 0 Å². The third kappa shape index (κ3) is 7.44. The van der Waals surface area contributed by atoms with Gasteiger partial charge in [-0.05, 0) is 12.1 Å². The fourth-order valence-electron chi connectivity index (χ4n) is 5.61. The van der Waals surface area contributed by atoms with Crippen molar-refractivity contribution in [1.82, 2.24) is 0 Å². The number of carbonyl (C=O) groups excluding carboxylic acids is 2. The fraction of sp³-hybridized carbons (Fsp3) is 0.375. The Balaban J connectivity index is 0.000000171. The lowest BCUT2D eigenvalue weighted by molar-refractivity contribution is -0.291. The summed E-state index contributed by atoms with van der Waals surface area (Å²) in [5.41, 5.74) is -2.70. The fourth-order valence-corrected chi connectivity index (χ4v) is 5.61. The van der Waals surface area contributed by atoms with Gasteiger partial charge < -0.3 is 104 Å². The lowest BCUT2D eigenvalue weighted by atomic mass is 9.99. The number of phenols is 4. The minimum Gasteiger partial charge on any atom is -0.505 e. The minimum atomic E-state index is -1.79. The number of aliphatic hydroxyl groups excluding tert-OH is 11. The van der Waals surface area contributed by atoms with E-state index in [0.29, 0.717) is 0 Å². The lowest BCUT2D eigenvalue weighted by Crippen LogP contribution is -2.59. The summed E-state index contributed by atoms with van der Waals surface area (Å²) in [6.07, 6.45) is -14.0. The van der Waals surface area contributed by atoms with Gasteiger partial charge in [-0.25, -0.2) is 19.2 Å². The van der Waals surface area contributed by atoms with Gasteiger partial charge in [0.15, 0.2) is 46.4 Å². The minimum absolute atomic E-state index is 0.00597. The van der Waals surface area contributed by atoms with Gasteiger partial charge in [0.2, 0.25) is 29.3 Å². The summed E-state index contributed by atoms with van der Waals surface area (Å²) in [4.78, 5) is 46.2. The van der Waals surface area contributed by atoms with Crippen LogP contribution in [0.2, 0.25) is 0 Å². The Morgan fingerprint density at radius 1 is 0.632 bits per heavy atom. The van der Waals surface area contributed by atoms with Crippen LogP contribution in [-0.2, 0) is 28.5 Å². The molecular weight excluding hydrogens is 784 g/mol.